The fraction of sp³-hybridized carbons (Fsp3) is 0.560. The Bertz CT molecular complexity index is 1080. The monoisotopic (exact) mass is 439 g/mol. The van der Waals surface area contributed by atoms with Gasteiger partial charge in [0.05, 0.1) is 14.2 Å². The number of hydrogen-bond donors (Lipinski definition) is 1. The van der Waals surface area contributed by atoms with Crippen molar-refractivity contribution in [1.82, 2.24) is 5.32 Å². The van der Waals surface area contributed by atoms with E-state index in [4.69, 9.17) is 13.9 Å². The lowest BCUT2D eigenvalue weighted by Crippen LogP contribution is -2.56. The number of esters is 1. The molecule has 4 saturated carbocycles. The Kier molecular flexibility index (Phi) is 5.22. The minimum absolute atomic E-state index is 0.0408. The number of rotatable bonds is 6. The van der Waals surface area contributed by atoms with Gasteiger partial charge in [-0.05, 0) is 74.0 Å². The zero-order valence-electron chi connectivity index (χ0n) is 18.5. The molecule has 7 heteroatoms. The van der Waals surface area contributed by atoms with Crippen LogP contribution in [-0.2, 0) is 20.7 Å². The minimum atomic E-state index is -0.868. The number of fused-ring (bicyclic) bond motifs is 1. The van der Waals surface area contributed by atoms with Crippen LogP contribution in [0.15, 0.2) is 33.5 Å². The molecule has 1 aromatic carbocycles. The van der Waals surface area contributed by atoms with E-state index in [1.165, 1.54) is 39.5 Å². The number of hydrogen-bond acceptors (Lipinski definition) is 6. The van der Waals surface area contributed by atoms with Crippen LogP contribution in [0.3, 0.4) is 0 Å². The molecule has 1 N–H and O–H groups in total. The zero-order valence-corrected chi connectivity index (χ0v) is 18.5. The third kappa shape index (κ3) is 3.67. The van der Waals surface area contributed by atoms with Gasteiger partial charge in [-0.3, -0.25) is 4.79 Å². The highest BCUT2D eigenvalue weighted by Crippen LogP contribution is 2.60. The molecule has 170 valence electrons. The molecule has 32 heavy (non-hydrogen) atoms. The molecule has 4 fully saturated rings. The molecule has 4 aliphatic carbocycles. The number of nitrogens with one attached hydrogen (secondary N) is 1. The van der Waals surface area contributed by atoms with Crippen LogP contribution >= 0.6 is 0 Å². The second-order valence-corrected chi connectivity index (χ2v) is 9.90. The van der Waals surface area contributed by atoms with Gasteiger partial charge in [-0.2, -0.15) is 0 Å². The zero-order chi connectivity index (χ0) is 22.5. The van der Waals surface area contributed by atoms with E-state index in [9.17, 15) is 14.4 Å². The maximum atomic E-state index is 13.5. The van der Waals surface area contributed by atoms with Gasteiger partial charge in [-0.25, -0.2) is 9.59 Å². The molecule has 1 atom stereocenters. The summed E-state index contributed by atoms with van der Waals surface area (Å²) in [6.45, 7) is 0. The van der Waals surface area contributed by atoms with Crippen LogP contribution in [0.25, 0.3) is 11.0 Å². The second kappa shape index (κ2) is 7.94. The number of benzene rings is 1. The normalized spacial score (nSPS) is 29.0. The Morgan fingerprint density at radius 1 is 1.09 bits per heavy atom. The Hall–Kier alpha value is -2.83. The molecule has 0 spiro atoms. The quantitative estimate of drug-likeness (QED) is 0.549. The SMILES string of the molecule is COC(=O)[C@H](Cc1cc(=O)oc2cc(OC)ccc12)NC(=O)C12CC3CC(CC(C3)C1)C2. The van der Waals surface area contributed by atoms with E-state index in [1.807, 2.05) is 0 Å². The topological polar surface area (TPSA) is 94.8 Å². The maximum absolute atomic E-state index is 13.5. The number of amides is 1. The van der Waals surface area contributed by atoms with Crippen LogP contribution in [0.1, 0.15) is 44.1 Å². The molecule has 4 aliphatic rings. The van der Waals surface area contributed by atoms with E-state index in [0.717, 1.165) is 19.3 Å². The molecule has 6 rings (SSSR count). The molecule has 0 unspecified atom stereocenters. The van der Waals surface area contributed by atoms with Gasteiger partial charge in [-0.15, -0.1) is 0 Å². The smallest absolute Gasteiger partial charge is 0.336 e. The third-order valence-electron chi connectivity index (χ3n) is 7.77. The van der Waals surface area contributed by atoms with Crippen molar-refractivity contribution in [2.24, 2.45) is 23.2 Å². The van der Waals surface area contributed by atoms with Crippen molar-refractivity contribution in [2.45, 2.75) is 51.0 Å². The van der Waals surface area contributed by atoms with E-state index in [0.29, 0.717) is 40.0 Å². The van der Waals surface area contributed by atoms with Crippen LogP contribution in [0, 0.1) is 23.2 Å². The number of methoxy groups -OCH3 is 2. The van der Waals surface area contributed by atoms with Crippen molar-refractivity contribution < 1.29 is 23.5 Å². The summed E-state index contributed by atoms with van der Waals surface area (Å²) in [6.07, 6.45) is 6.61. The summed E-state index contributed by atoms with van der Waals surface area (Å²) in [4.78, 5) is 38.3. The average Bonchev–Trinajstić information content (AvgIpc) is 2.76. The van der Waals surface area contributed by atoms with Gasteiger partial charge in [-0.1, -0.05) is 0 Å². The summed E-state index contributed by atoms with van der Waals surface area (Å²) in [5.74, 6) is 1.89. The lowest BCUT2D eigenvalue weighted by Gasteiger charge is -2.55. The lowest BCUT2D eigenvalue weighted by atomic mass is 9.49. The summed E-state index contributed by atoms with van der Waals surface area (Å²) < 4.78 is 15.5. The molecular weight excluding hydrogens is 410 g/mol. The van der Waals surface area contributed by atoms with Crippen LogP contribution in [0.2, 0.25) is 0 Å². The van der Waals surface area contributed by atoms with E-state index >= 15 is 0 Å². The van der Waals surface area contributed by atoms with Crippen molar-refractivity contribution >= 4 is 22.8 Å². The number of carbonyl (C=O) groups is 2. The van der Waals surface area contributed by atoms with E-state index < -0.39 is 17.6 Å². The Morgan fingerprint density at radius 2 is 1.75 bits per heavy atom. The highest BCUT2D eigenvalue weighted by molar-refractivity contribution is 5.89. The fourth-order valence-electron chi connectivity index (χ4n) is 6.76. The largest absolute Gasteiger partial charge is 0.497 e. The molecule has 2 aromatic rings. The van der Waals surface area contributed by atoms with E-state index in [-0.39, 0.29) is 17.7 Å². The van der Waals surface area contributed by atoms with Crippen LogP contribution in [0.5, 0.6) is 5.75 Å². The fourth-order valence-corrected chi connectivity index (χ4v) is 6.76. The van der Waals surface area contributed by atoms with Gasteiger partial charge in [0.1, 0.15) is 17.4 Å². The van der Waals surface area contributed by atoms with Crippen LogP contribution in [0.4, 0.5) is 0 Å². The molecule has 0 saturated heterocycles. The number of ether oxygens (including phenoxy) is 2. The number of carbonyl (C=O) groups excluding carboxylic acids is 2. The predicted molar refractivity (Wildman–Crippen MR) is 117 cm³/mol. The summed E-state index contributed by atoms with van der Waals surface area (Å²) >= 11 is 0. The first kappa shape index (κ1) is 21.0. The van der Waals surface area contributed by atoms with Crippen LogP contribution < -0.4 is 15.7 Å². The summed E-state index contributed by atoms with van der Waals surface area (Å²) in [5, 5.41) is 3.71. The summed E-state index contributed by atoms with van der Waals surface area (Å²) in [7, 11) is 2.85. The molecule has 1 aromatic heterocycles. The molecule has 7 nitrogen and oxygen atoms in total. The van der Waals surface area contributed by atoms with Gasteiger partial charge >= 0.3 is 11.6 Å². The molecule has 1 heterocycles. The minimum Gasteiger partial charge on any atom is -0.497 e. The second-order valence-electron chi connectivity index (χ2n) is 9.90. The third-order valence-corrected chi connectivity index (χ3v) is 7.77. The molecule has 0 aliphatic heterocycles. The molecular formula is C25H29NO6. The average molecular weight is 440 g/mol. The van der Waals surface area contributed by atoms with Crippen molar-refractivity contribution in [1.29, 1.82) is 0 Å². The van der Waals surface area contributed by atoms with Crippen LogP contribution in [-0.4, -0.2) is 32.1 Å². The van der Waals surface area contributed by atoms with Crippen molar-refractivity contribution in [2.75, 3.05) is 14.2 Å². The van der Waals surface area contributed by atoms with E-state index in [1.54, 1.807) is 18.2 Å². The summed E-state index contributed by atoms with van der Waals surface area (Å²) in [5.41, 5.74) is 0.117. The highest BCUT2D eigenvalue weighted by atomic mass is 16.5. The Morgan fingerprint density at radius 3 is 2.34 bits per heavy atom. The standard InChI is InChI=1S/C25H29NO6/c1-30-18-3-4-19-17(9-22(27)32-21(19)10-18)8-20(23(28)31-2)26-24(29)25-11-14-5-15(12-25)7-16(6-14)13-25/h3-4,9-10,14-16,20H,5-8,11-13H2,1-2H3,(H,26,29)/t14?,15?,16?,20-,25?/m0/s1. The van der Waals surface area contributed by atoms with Crippen molar-refractivity contribution in [3.8, 4) is 5.75 Å². The molecule has 4 bridgehead atoms. The summed E-state index contributed by atoms with van der Waals surface area (Å²) in [6, 6.07) is 5.71. The molecule has 1 amide bonds. The first-order valence-corrected chi connectivity index (χ1v) is 11.4. The Balaban J connectivity index is 1.42. The van der Waals surface area contributed by atoms with Crippen molar-refractivity contribution in [3.63, 3.8) is 0 Å². The van der Waals surface area contributed by atoms with Gasteiger partial charge < -0.3 is 19.2 Å². The van der Waals surface area contributed by atoms with Crippen molar-refractivity contribution in [3.05, 3.63) is 40.2 Å². The van der Waals surface area contributed by atoms with Gasteiger partial charge in [0, 0.05) is 29.4 Å². The highest BCUT2D eigenvalue weighted by Gasteiger charge is 2.55. The maximum Gasteiger partial charge on any atom is 0.336 e. The first-order valence-electron chi connectivity index (χ1n) is 11.4. The van der Waals surface area contributed by atoms with Gasteiger partial charge in [0.2, 0.25) is 5.91 Å². The Labute approximate surface area is 186 Å². The first-order chi connectivity index (χ1) is 15.4. The molecule has 0 radical (unpaired) electrons. The predicted octanol–water partition coefficient (Wildman–Crippen LogP) is 3.22. The van der Waals surface area contributed by atoms with Gasteiger partial charge in [0.25, 0.3) is 0 Å². The van der Waals surface area contributed by atoms with E-state index in [2.05, 4.69) is 5.32 Å². The van der Waals surface area contributed by atoms with Gasteiger partial charge in [0.15, 0.2) is 0 Å². The lowest BCUT2D eigenvalue weighted by molar-refractivity contribution is -0.152.